The Hall–Kier alpha value is -1.29. The summed E-state index contributed by atoms with van der Waals surface area (Å²) in [5.74, 6) is 0.581. The molecule has 3 nitrogen and oxygen atoms in total. The molecule has 4 heteroatoms. The van der Waals surface area contributed by atoms with Crippen molar-refractivity contribution in [3.8, 4) is 0 Å². The van der Waals surface area contributed by atoms with Crippen molar-refractivity contribution in [3.05, 3.63) is 58.0 Å². The molecule has 1 aromatic carbocycles. The SMILES string of the molecule is Cc1cc(Cl)cc(C)c1CNCC(O)c1ccco1. The van der Waals surface area contributed by atoms with Gasteiger partial charge >= 0.3 is 0 Å². The molecule has 0 aliphatic carbocycles. The molecule has 0 amide bonds. The number of nitrogens with one attached hydrogen (secondary N) is 1. The molecule has 0 spiro atoms. The van der Waals surface area contributed by atoms with Gasteiger partial charge in [0.1, 0.15) is 11.9 Å². The molecule has 1 heterocycles. The average Bonchev–Trinajstić information content (AvgIpc) is 2.85. The minimum absolute atomic E-state index is 0.453. The Bertz CT molecular complexity index is 514. The lowest BCUT2D eigenvalue weighted by molar-refractivity contribution is 0.147. The number of rotatable bonds is 5. The molecule has 0 radical (unpaired) electrons. The van der Waals surface area contributed by atoms with E-state index < -0.39 is 6.10 Å². The minimum Gasteiger partial charge on any atom is -0.467 e. The van der Waals surface area contributed by atoms with Crippen LogP contribution in [0.3, 0.4) is 0 Å². The second kappa shape index (κ2) is 6.24. The van der Waals surface area contributed by atoms with Crippen LogP contribution in [0.2, 0.25) is 5.02 Å². The van der Waals surface area contributed by atoms with E-state index in [0.29, 0.717) is 18.8 Å². The summed E-state index contributed by atoms with van der Waals surface area (Å²) in [5, 5.41) is 13.9. The first-order valence-corrected chi connectivity index (χ1v) is 6.63. The molecule has 0 saturated carbocycles. The highest BCUT2D eigenvalue weighted by Gasteiger charge is 2.10. The maximum Gasteiger partial charge on any atom is 0.133 e. The van der Waals surface area contributed by atoms with Gasteiger partial charge in [0.15, 0.2) is 0 Å². The third-order valence-electron chi connectivity index (χ3n) is 3.17. The van der Waals surface area contributed by atoms with Crippen LogP contribution in [0.15, 0.2) is 34.9 Å². The Morgan fingerprint density at radius 3 is 2.58 bits per heavy atom. The van der Waals surface area contributed by atoms with Crippen molar-refractivity contribution in [1.82, 2.24) is 5.32 Å². The molecule has 0 aliphatic heterocycles. The standard InChI is InChI=1S/C15H18ClNO2/c1-10-6-12(16)7-11(2)13(10)8-17-9-14(18)15-4-3-5-19-15/h3-7,14,17-18H,8-9H2,1-2H3. The largest absolute Gasteiger partial charge is 0.467 e. The number of aryl methyl sites for hydroxylation is 2. The van der Waals surface area contributed by atoms with Gasteiger partial charge in [0.05, 0.1) is 6.26 Å². The number of aliphatic hydroxyl groups excluding tert-OH is 1. The van der Waals surface area contributed by atoms with Crippen molar-refractivity contribution in [3.63, 3.8) is 0 Å². The van der Waals surface area contributed by atoms with Crippen LogP contribution in [0.1, 0.15) is 28.6 Å². The van der Waals surface area contributed by atoms with Gasteiger partial charge in [-0.2, -0.15) is 0 Å². The maximum atomic E-state index is 9.89. The van der Waals surface area contributed by atoms with Gasteiger partial charge in [0.25, 0.3) is 0 Å². The van der Waals surface area contributed by atoms with E-state index in [1.807, 2.05) is 26.0 Å². The molecule has 0 saturated heterocycles. The lowest BCUT2D eigenvalue weighted by Gasteiger charge is -2.13. The van der Waals surface area contributed by atoms with Crippen molar-refractivity contribution in [2.75, 3.05) is 6.54 Å². The number of halogens is 1. The lowest BCUT2D eigenvalue weighted by Crippen LogP contribution is -2.21. The first kappa shape index (κ1) is 14.1. The highest BCUT2D eigenvalue weighted by atomic mass is 35.5. The number of hydrogen-bond acceptors (Lipinski definition) is 3. The summed E-state index contributed by atoms with van der Waals surface area (Å²) in [4.78, 5) is 0. The number of aliphatic hydroxyl groups is 1. The second-order valence-corrected chi connectivity index (χ2v) is 5.12. The summed E-state index contributed by atoms with van der Waals surface area (Å²) in [6.45, 7) is 5.24. The molecule has 0 aliphatic rings. The molecule has 0 fully saturated rings. The molecule has 2 aromatic rings. The zero-order valence-corrected chi connectivity index (χ0v) is 11.9. The van der Waals surface area contributed by atoms with Crippen LogP contribution in [0.25, 0.3) is 0 Å². The van der Waals surface area contributed by atoms with E-state index in [1.165, 1.54) is 5.56 Å². The Kier molecular flexibility index (Phi) is 4.64. The van der Waals surface area contributed by atoms with Gasteiger partial charge in [-0.3, -0.25) is 0 Å². The number of benzene rings is 1. The van der Waals surface area contributed by atoms with E-state index in [9.17, 15) is 5.11 Å². The van der Waals surface area contributed by atoms with Crippen molar-refractivity contribution in [2.45, 2.75) is 26.5 Å². The van der Waals surface area contributed by atoms with Gasteiger partial charge in [0.2, 0.25) is 0 Å². The molecule has 2 rings (SSSR count). The second-order valence-electron chi connectivity index (χ2n) is 4.68. The van der Waals surface area contributed by atoms with Crippen molar-refractivity contribution in [2.24, 2.45) is 0 Å². The van der Waals surface area contributed by atoms with Gasteiger partial charge in [-0.25, -0.2) is 0 Å². The van der Waals surface area contributed by atoms with Crippen molar-refractivity contribution < 1.29 is 9.52 Å². The van der Waals surface area contributed by atoms with Crippen LogP contribution in [-0.4, -0.2) is 11.7 Å². The van der Waals surface area contributed by atoms with Gasteiger partial charge in [-0.15, -0.1) is 0 Å². The van der Waals surface area contributed by atoms with Crippen LogP contribution in [-0.2, 0) is 6.54 Å². The monoisotopic (exact) mass is 279 g/mol. The predicted octanol–water partition coefficient (Wildman–Crippen LogP) is 3.37. The van der Waals surface area contributed by atoms with Crippen LogP contribution < -0.4 is 5.32 Å². The first-order chi connectivity index (χ1) is 9.08. The lowest BCUT2D eigenvalue weighted by atomic mass is 10.0. The third-order valence-corrected chi connectivity index (χ3v) is 3.39. The molecular weight excluding hydrogens is 262 g/mol. The average molecular weight is 280 g/mol. The Labute approximate surface area is 118 Å². The summed E-state index contributed by atoms with van der Waals surface area (Å²) in [6, 6.07) is 7.44. The van der Waals surface area contributed by atoms with Crippen LogP contribution >= 0.6 is 11.6 Å². The minimum atomic E-state index is -0.622. The molecular formula is C15H18ClNO2. The van der Waals surface area contributed by atoms with E-state index in [1.54, 1.807) is 18.4 Å². The van der Waals surface area contributed by atoms with E-state index >= 15 is 0 Å². The number of furan rings is 1. The molecule has 0 bridgehead atoms. The summed E-state index contributed by atoms with van der Waals surface area (Å²) in [5.41, 5.74) is 3.53. The van der Waals surface area contributed by atoms with E-state index in [-0.39, 0.29) is 0 Å². The summed E-state index contributed by atoms with van der Waals surface area (Å²) in [7, 11) is 0. The van der Waals surface area contributed by atoms with Gasteiger partial charge in [-0.05, 0) is 54.8 Å². The summed E-state index contributed by atoms with van der Waals surface area (Å²) < 4.78 is 5.15. The Balaban J connectivity index is 1.93. The topological polar surface area (TPSA) is 45.4 Å². The van der Waals surface area contributed by atoms with Crippen molar-refractivity contribution >= 4 is 11.6 Å². The Morgan fingerprint density at radius 2 is 2.00 bits per heavy atom. The fourth-order valence-electron chi connectivity index (χ4n) is 2.13. The smallest absolute Gasteiger partial charge is 0.133 e. The first-order valence-electron chi connectivity index (χ1n) is 6.25. The fraction of sp³-hybridized carbons (Fsp3) is 0.333. The van der Waals surface area contributed by atoms with Crippen LogP contribution in [0.4, 0.5) is 0 Å². The normalized spacial score (nSPS) is 12.6. The zero-order valence-electron chi connectivity index (χ0n) is 11.1. The Morgan fingerprint density at radius 1 is 1.32 bits per heavy atom. The zero-order chi connectivity index (χ0) is 13.8. The summed E-state index contributed by atoms with van der Waals surface area (Å²) >= 11 is 6.00. The molecule has 19 heavy (non-hydrogen) atoms. The molecule has 1 aromatic heterocycles. The van der Waals surface area contributed by atoms with E-state index in [0.717, 1.165) is 16.1 Å². The van der Waals surface area contributed by atoms with Crippen molar-refractivity contribution in [1.29, 1.82) is 0 Å². The van der Waals surface area contributed by atoms with Crippen LogP contribution in [0.5, 0.6) is 0 Å². The summed E-state index contributed by atoms with van der Waals surface area (Å²) in [6.07, 6.45) is 0.939. The van der Waals surface area contributed by atoms with E-state index in [2.05, 4.69) is 5.32 Å². The number of hydrogen-bond donors (Lipinski definition) is 2. The van der Waals surface area contributed by atoms with Crippen LogP contribution in [0, 0.1) is 13.8 Å². The van der Waals surface area contributed by atoms with E-state index in [4.69, 9.17) is 16.0 Å². The van der Waals surface area contributed by atoms with Gasteiger partial charge < -0.3 is 14.8 Å². The molecule has 102 valence electrons. The van der Waals surface area contributed by atoms with Gasteiger partial charge in [-0.1, -0.05) is 11.6 Å². The fourth-order valence-corrected chi connectivity index (χ4v) is 2.46. The highest BCUT2D eigenvalue weighted by Crippen LogP contribution is 2.20. The molecule has 1 atom stereocenters. The molecule has 2 N–H and O–H groups in total. The maximum absolute atomic E-state index is 9.89. The quantitative estimate of drug-likeness (QED) is 0.882. The third kappa shape index (κ3) is 3.60. The molecule has 1 unspecified atom stereocenters. The van der Waals surface area contributed by atoms with Gasteiger partial charge in [0, 0.05) is 18.1 Å². The highest BCUT2D eigenvalue weighted by molar-refractivity contribution is 6.30. The predicted molar refractivity (Wildman–Crippen MR) is 76.3 cm³/mol.